The highest BCUT2D eigenvalue weighted by atomic mass is 14.6. The van der Waals surface area contributed by atoms with E-state index in [1.54, 1.807) is 0 Å². The van der Waals surface area contributed by atoms with Gasteiger partial charge in [-0.25, -0.2) is 0 Å². The van der Waals surface area contributed by atoms with Gasteiger partial charge in [-0.05, 0) is 60.1 Å². The van der Waals surface area contributed by atoms with Gasteiger partial charge in [0.15, 0.2) is 0 Å². The number of nitrogen functional groups attached to an aromatic ring is 1. The molecule has 17 heavy (non-hydrogen) atoms. The fourth-order valence-electron chi connectivity index (χ4n) is 2.71. The first-order valence-electron chi connectivity index (χ1n) is 6.23. The Balaban J connectivity index is 2.13. The lowest BCUT2D eigenvalue weighted by atomic mass is 9.96. The van der Waals surface area contributed by atoms with E-state index in [4.69, 9.17) is 5.73 Å². The van der Waals surface area contributed by atoms with Gasteiger partial charge in [0.25, 0.3) is 0 Å². The minimum atomic E-state index is 0.878. The normalized spacial score (nSPS) is 13.7. The molecular weight excluding hydrogens is 206 g/mol. The van der Waals surface area contributed by atoms with Gasteiger partial charge < -0.3 is 5.73 Å². The van der Waals surface area contributed by atoms with E-state index in [0.29, 0.717) is 0 Å². The summed E-state index contributed by atoms with van der Waals surface area (Å²) in [6.07, 6.45) is 3.77. The summed E-state index contributed by atoms with van der Waals surface area (Å²) >= 11 is 0. The van der Waals surface area contributed by atoms with Crippen molar-refractivity contribution >= 4 is 5.69 Å². The smallest absolute Gasteiger partial charge is 0.0349 e. The minimum absolute atomic E-state index is 0.878. The topological polar surface area (TPSA) is 26.0 Å². The molecule has 2 aromatic carbocycles. The second-order valence-electron chi connectivity index (χ2n) is 4.86. The lowest BCUT2D eigenvalue weighted by Crippen LogP contribution is -1.92. The SMILES string of the molecule is Cc1c(N)cccc1-c1ccc2c(c1)CCC2. The summed E-state index contributed by atoms with van der Waals surface area (Å²) in [5, 5.41) is 0. The highest BCUT2D eigenvalue weighted by Gasteiger charge is 2.12. The number of nitrogens with two attached hydrogens (primary N) is 1. The molecule has 0 aliphatic heterocycles. The third-order valence-electron chi connectivity index (χ3n) is 3.79. The van der Waals surface area contributed by atoms with Gasteiger partial charge in [0.1, 0.15) is 0 Å². The monoisotopic (exact) mass is 223 g/mol. The van der Waals surface area contributed by atoms with Crippen molar-refractivity contribution in [3.63, 3.8) is 0 Å². The van der Waals surface area contributed by atoms with Gasteiger partial charge in [-0.2, -0.15) is 0 Å². The third-order valence-corrected chi connectivity index (χ3v) is 3.79. The van der Waals surface area contributed by atoms with E-state index in [-0.39, 0.29) is 0 Å². The van der Waals surface area contributed by atoms with Crippen LogP contribution in [0.15, 0.2) is 36.4 Å². The van der Waals surface area contributed by atoms with Crippen LogP contribution in [0.5, 0.6) is 0 Å². The van der Waals surface area contributed by atoms with Crippen molar-refractivity contribution in [2.24, 2.45) is 0 Å². The van der Waals surface area contributed by atoms with Crippen LogP contribution in [0.1, 0.15) is 23.1 Å². The van der Waals surface area contributed by atoms with Crippen molar-refractivity contribution in [3.05, 3.63) is 53.1 Å². The Hall–Kier alpha value is -1.76. The summed E-state index contributed by atoms with van der Waals surface area (Å²) in [6.45, 7) is 2.10. The highest BCUT2D eigenvalue weighted by Crippen LogP contribution is 2.31. The maximum Gasteiger partial charge on any atom is 0.0349 e. The number of benzene rings is 2. The quantitative estimate of drug-likeness (QED) is 0.732. The van der Waals surface area contributed by atoms with E-state index in [9.17, 15) is 0 Å². The Bertz CT molecular complexity index is 570. The zero-order chi connectivity index (χ0) is 11.8. The molecule has 0 amide bonds. The summed E-state index contributed by atoms with van der Waals surface area (Å²) in [6, 6.07) is 13.0. The molecule has 1 nitrogen and oxygen atoms in total. The van der Waals surface area contributed by atoms with E-state index >= 15 is 0 Å². The molecule has 0 radical (unpaired) electrons. The maximum atomic E-state index is 5.97. The summed E-state index contributed by atoms with van der Waals surface area (Å²) < 4.78 is 0. The first kappa shape index (κ1) is 10.4. The number of hydrogen-bond acceptors (Lipinski definition) is 1. The number of anilines is 1. The molecule has 0 heterocycles. The molecule has 0 unspecified atom stereocenters. The van der Waals surface area contributed by atoms with Crippen molar-refractivity contribution in [1.82, 2.24) is 0 Å². The average molecular weight is 223 g/mol. The van der Waals surface area contributed by atoms with Crippen molar-refractivity contribution in [2.75, 3.05) is 5.73 Å². The minimum Gasteiger partial charge on any atom is -0.398 e. The lowest BCUT2D eigenvalue weighted by molar-refractivity contribution is 0.912. The van der Waals surface area contributed by atoms with Crippen LogP contribution in [-0.4, -0.2) is 0 Å². The number of hydrogen-bond donors (Lipinski definition) is 1. The molecule has 2 N–H and O–H groups in total. The Kier molecular flexibility index (Phi) is 2.40. The molecular formula is C16H17N. The molecule has 0 saturated heterocycles. The van der Waals surface area contributed by atoms with E-state index in [1.165, 1.54) is 47.1 Å². The fourth-order valence-corrected chi connectivity index (χ4v) is 2.71. The molecule has 0 bridgehead atoms. The second-order valence-corrected chi connectivity index (χ2v) is 4.86. The molecule has 3 rings (SSSR count). The predicted molar refractivity (Wildman–Crippen MR) is 73.1 cm³/mol. The maximum absolute atomic E-state index is 5.97. The van der Waals surface area contributed by atoms with Crippen LogP contribution in [-0.2, 0) is 12.8 Å². The first-order chi connectivity index (χ1) is 8.25. The summed E-state index contributed by atoms with van der Waals surface area (Å²) in [5.74, 6) is 0. The van der Waals surface area contributed by atoms with E-state index < -0.39 is 0 Å². The van der Waals surface area contributed by atoms with Gasteiger partial charge in [-0.3, -0.25) is 0 Å². The van der Waals surface area contributed by atoms with Crippen LogP contribution >= 0.6 is 0 Å². The average Bonchev–Trinajstić information content (AvgIpc) is 2.79. The van der Waals surface area contributed by atoms with Crippen LogP contribution < -0.4 is 5.73 Å². The molecule has 2 aromatic rings. The van der Waals surface area contributed by atoms with Gasteiger partial charge >= 0.3 is 0 Å². The largest absolute Gasteiger partial charge is 0.398 e. The lowest BCUT2D eigenvalue weighted by Gasteiger charge is -2.10. The summed E-state index contributed by atoms with van der Waals surface area (Å²) in [5.41, 5.74) is 13.6. The highest BCUT2D eigenvalue weighted by molar-refractivity contribution is 5.73. The van der Waals surface area contributed by atoms with Crippen LogP contribution in [0.25, 0.3) is 11.1 Å². The molecule has 0 aromatic heterocycles. The van der Waals surface area contributed by atoms with Crippen molar-refractivity contribution in [1.29, 1.82) is 0 Å². The van der Waals surface area contributed by atoms with Crippen molar-refractivity contribution in [2.45, 2.75) is 26.2 Å². The predicted octanol–water partition coefficient (Wildman–Crippen LogP) is 3.73. The van der Waals surface area contributed by atoms with E-state index in [1.807, 2.05) is 12.1 Å². The second kappa shape index (κ2) is 3.92. The molecule has 0 fully saturated rings. The third kappa shape index (κ3) is 1.72. The van der Waals surface area contributed by atoms with Crippen molar-refractivity contribution < 1.29 is 0 Å². The summed E-state index contributed by atoms with van der Waals surface area (Å²) in [7, 11) is 0. The molecule has 1 aliphatic rings. The van der Waals surface area contributed by atoms with Gasteiger partial charge in [0.05, 0.1) is 0 Å². The Morgan fingerprint density at radius 3 is 2.71 bits per heavy atom. The van der Waals surface area contributed by atoms with Crippen LogP contribution in [0, 0.1) is 6.92 Å². The number of aryl methyl sites for hydroxylation is 2. The standard InChI is InChI=1S/C16H17N/c1-11-15(6-3-7-16(11)17)14-9-8-12-4-2-5-13(12)10-14/h3,6-10H,2,4-5,17H2,1H3. The first-order valence-corrected chi connectivity index (χ1v) is 6.23. The van der Waals surface area contributed by atoms with Gasteiger partial charge in [-0.15, -0.1) is 0 Å². The fraction of sp³-hybridized carbons (Fsp3) is 0.250. The molecule has 86 valence electrons. The Labute approximate surface area is 102 Å². The van der Waals surface area contributed by atoms with Crippen LogP contribution in [0.4, 0.5) is 5.69 Å². The van der Waals surface area contributed by atoms with Gasteiger partial charge in [0.2, 0.25) is 0 Å². The zero-order valence-electron chi connectivity index (χ0n) is 10.2. The van der Waals surface area contributed by atoms with Crippen LogP contribution in [0.3, 0.4) is 0 Å². The van der Waals surface area contributed by atoms with Crippen LogP contribution in [0.2, 0.25) is 0 Å². The Morgan fingerprint density at radius 2 is 1.82 bits per heavy atom. The summed E-state index contributed by atoms with van der Waals surface area (Å²) in [4.78, 5) is 0. The molecule has 0 saturated carbocycles. The van der Waals surface area contributed by atoms with Crippen molar-refractivity contribution in [3.8, 4) is 11.1 Å². The zero-order valence-corrected chi connectivity index (χ0v) is 10.2. The number of fused-ring (bicyclic) bond motifs is 1. The molecule has 1 heteroatoms. The molecule has 0 atom stereocenters. The van der Waals surface area contributed by atoms with E-state index in [2.05, 4.69) is 31.2 Å². The molecule has 0 spiro atoms. The van der Waals surface area contributed by atoms with Gasteiger partial charge in [0, 0.05) is 5.69 Å². The number of rotatable bonds is 1. The van der Waals surface area contributed by atoms with Gasteiger partial charge in [-0.1, -0.05) is 30.3 Å². The van der Waals surface area contributed by atoms with E-state index in [0.717, 1.165) is 5.69 Å². The Morgan fingerprint density at radius 1 is 1.00 bits per heavy atom. The molecule has 1 aliphatic carbocycles.